The van der Waals surface area contributed by atoms with Gasteiger partial charge in [0.25, 0.3) is 0 Å². The van der Waals surface area contributed by atoms with E-state index in [9.17, 15) is 0 Å². The van der Waals surface area contributed by atoms with E-state index < -0.39 is 26.0 Å². The Kier molecular flexibility index (Phi) is 10.7. The minimum absolute atomic E-state index is 0.292. The molecule has 0 N–H and O–H groups in total. The van der Waals surface area contributed by atoms with Gasteiger partial charge >= 0.3 is 0 Å². The molecule has 4 nitrogen and oxygen atoms in total. The van der Waals surface area contributed by atoms with Crippen molar-refractivity contribution in [1.29, 1.82) is 0 Å². The molecule has 0 unspecified atom stereocenters. The van der Waals surface area contributed by atoms with E-state index in [1.807, 2.05) is 158 Å². The Morgan fingerprint density at radius 1 is 0.460 bits per heavy atom. The van der Waals surface area contributed by atoms with E-state index in [0.717, 1.165) is 32.3 Å². The zero-order valence-electron chi connectivity index (χ0n) is 28.0. The summed E-state index contributed by atoms with van der Waals surface area (Å²) in [6, 6.07) is 59.5. The van der Waals surface area contributed by atoms with Crippen LogP contribution in [0.4, 0.5) is 0 Å². The standard InChI is InChI=1S/C44H42O4P2/c45-49(37-23-11-3-12-24-37,38-25-13-4-14-26-38)34-41-43(50(46,39-27-15-5-16-28-39)40-29-17-6-18-30-40)31-42(47-32-35-19-7-1-8-20-35)44(41)48-33-36-21-9-2-10-22-36/h1-30,41-44H,31-34H2/t41-,42-,43-,44-/m0/s1. The van der Waals surface area contributed by atoms with Crippen molar-refractivity contribution in [2.24, 2.45) is 5.92 Å². The van der Waals surface area contributed by atoms with Crippen LogP contribution >= 0.6 is 14.3 Å². The molecule has 1 fully saturated rings. The van der Waals surface area contributed by atoms with Crippen LogP contribution in [0.15, 0.2) is 182 Å². The van der Waals surface area contributed by atoms with Gasteiger partial charge in [-0.1, -0.05) is 182 Å². The van der Waals surface area contributed by atoms with E-state index in [-0.39, 0.29) is 12.0 Å². The van der Waals surface area contributed by atoms with Crippen molar-refractivity contribution in [2.75, 3.05) is 6.16 Å². The molecule has 0 radical (unpaired) electrons. The highest BCUT2D eigenvalue weighted by Crippen LogP contribution is 2.61. The molecule has 0 heterocycles. The van der Waals surface area contributed by atoms with E-state index in [1.165, 1.54) is 0 Å². The Morgan fingerprint density at radius 3 is 1.24 bits per heavy atom. The number of ether oxygens (including phenoxy) is 2. The lowest BCUT2D eigenvalue weighted by Gasteiger charge is -2.34. The van der Waals surface area contributed by atoms with E-state index in [4.69, 9.17) is 9.47 Å². The van der Waals surface area contributed by atoms with Gasteiger partial charge in [-0.15, -0.1) is 0 Å². The Morgan fingerprint density at radius 2 is 0.820 bits per heavy atom. The third kappa shape index (κ3) is 7.27. The Labute approximate surface area is 295 Å². The van der Waals surface area contributed by atoms with Gasteiger partial charge in [0.1, 0.15) is 14.3 Å². The number of hydrogen-bond acceptors (Lipinski definition) is 4. The summed E-state index contributed by atoms with van der Waals surface area (Å²) in [5.74, 6) is -0.364. The zero-order valence-corrected chi connectivity index (χ0v) is 29.8. The van der Waals surface area contributed by atoms with Crippen LogP contribution in [-0.4, -0.2) is 24.0 Å². The first kappa shape index (κ1) is 34.2. The number of rotatable bonds is 13. The maximum atomic E-state index is 16.2. The lowest BCUT2D eigenvalue weighted by Crippen LogP contribution is -2.38. The normalized spacial score (nSPS) is 19.3. The Hall–Kier alpha value is -4.30. The van der Waals surface area contributed by atoms with Crippen molar-refractivity contribution in [3.63, 3.8) is 0 Å². The monoisotopic (exact) mass is 696 g/mol. The SMILES string of the molecule is O=P(C[C@@H]1[C@H](OCc2ccccc2)[C@@H](OCc2ccccc2)C[C@@H]1P(=O)(c1ccccc1)c1ccccc1)(c1ccccc1)c1ccccc1. The average molecular weight is 697 g/mol. The molecule has 0 spiro atoms. The van der Waals surface area contributed by atoms with Gasteiger partial charge < -0.3 is 18.6 Å². The van der Waals surface area contributed by atoms with Gasteiger partial charge in [-0.2, -0.15) is 0 Å². The molecule has 6 aromatic carbocycles. The van der Waals surface area contributed by atoms with Crippen molar-refractivity contribution < 1.29 is 18.6 Å². The third-order valence-corrected chi connectivity index (χ3v) is 16.8. The Balaban J connectivity index is 1.39. The molecule has 0 aliphatic heterocycles. The second kappa shape index (κ2) is 15.7. The minimum atomic E-state index is -3.34. The van der Waals surface area contributed by atoms with Crippen LogP contribution in [-0.2, 0) is 31.8 Å². The molecule has 0 bridgehead atoms. The molecule has 7 rings (SSSR count). The lowest BCUT2D eigenvalue weighted by atomic mass is 10.1. The summed E-state index contributed by atoms with van der Waals surface area (Å²) in [5.41, 5.74) is 1.71. The second-order valence-electron chi connectivity index (χ2n) is 13.0. The molecule has 0 saturated heterocycles. The lowest BCUT2D eigenvalue weighted by molar-refractivity contribution is -0.0811. The topological polar surface area (TPSA) is 52.6 Å². The van der Waals surface area contributed by atoms with Crippen LogP contribution in [0.25, 0.3) is 0 Å². The summed E-state index contributed by atoms with van der Waals surface area (Å²) in [4.78, 5) is 0. The highest BCUT2D eigenvalue weighted by Gasteiger charge is 2.55. The largest absolute Gasteiger partial charge is 0.371 e. The molecule has 1 saturated carbocycles. The van der Waals surface area contributed by atoms with Crippen LogP contribution in [0.1, 0.15) is 17.5 Å². The van der Waals surface area contributed by atoms with Gasteiger partial charge in [-0.3, -0.25) is 0 Å². The van der Waals surface area contributed by atoms with Gasteiger partial charge in [0.05, 0.1) is 25.4 Å². The van der Waals surface area contributed by atoms with Gasteiger partial charge in [-0.25, -0.2) is 0 Å². The van der Waals surface area contributed by atoms with E-state index >= 15 is 9.13 Å². The average Bonchev–Trinajstić information content (AvgIpc) is 3.54. The fourth-order valence-electron chi connectivity index (χ4n) is 7.45. The maximum absolute atomic E-state index is 16.2. The fourth-order valence-corrected chi connectivity index (χ4v) is 14.3. The Bertz CT molecular complexity index is 1940. The molecule has 50 heavy (non-hydrogen) atoms. The predicted molar refractivity (Wildman–Crippen MR) is 206 cm³/mol. The van der Waals surface area contributed by atoms with E-state index in [1.54, 1.807) is 0 Å². The second-order valence-corrected chi connectivity index (χ2v) is 18.9. The van der Waals surface area contributed by atoms with Gasteiger partial charge in [0, 0.05) is 39.0 Å². The van der Waals surface area contributed by atoms with Gasteiger partial charge in [-0.05, 0) is 17.5 Å². The highest BCUT2D eigenvalue weighted by atomic mass is 31.2. The number of benzene rings is 6. The van der Waals surface area contributed by atoms with Crippen molar-refractivity contribution in [2.45, 2.75) is 37.5 Å². The van der Waals surface area contributed by atoms with Crippen molar-refractivity contribution in [3.8, 4) is 0 Å². The molecular weight excluding hydrogens is 654 g/mol. The fraction of sp³-hybridized carbons (Fsp3) is 0.182. The molecule has 1 aliphatic rings. The first-order valence-corrected chi connectivity index (χ1v) is 20.9. The molecule has 4 atom stereocenters. The van der Waals surface area contributed by atoms with Crippen LogP contribution in [0.3, 0.4) is 0 Å². The number of hydrogen-bond donors (Lipinski definition) is 0. The van der Waals surface area contributed by atoms with E-state index in [2.05, 4.69) is 24.3 Å². The predicted octanol–water partition coefficient (Wildman–Crippen LogP) is 8.57. The molecule has 6 heteroatoms. The van der Waals surface area contributed by atoms with Crippen LogP contribution in [0.2, 0.25) is 0 Å². The summed E-state index contributed by atoms with van der Waals surface area (Å²) in [6.45, 7) is 0.758. The van der Waals surface area contributed by atoms with Crippen LogP contribution < -0.4 is 21.2 Å². The summed E-state index contributed by atoms with van der Waals surface area (Å²) in [7, 11) is -6.60. The molecule has 6 aromatic rings. The van der Waals surface area contributed by atoms with Crippen molar-refractivity contribution in [3.05, 3.63) is 193 Å². The maximum Gasteiger partial charge on any atom is 0.146 e. The molecule has 0 amide bonds. The van der Waals surface area contributed by atoms with Crippen LogP contribution in [0.5, 0.6) is 0 Å². The van der Waals surface area contributed by atoms with E-state index in [0.29, 0.717) is 25.8 Å². The highest BCUT2D eigenvalue weighted by molar-refractivity contribution is 7.80. The van der Waals surface area contributed by atoms with Crippen molar-refractivity contribution in [1.82, 2.24) is 0 Å². The smallest absolute Gasteiger partial charge is 0.146 e. The summed E-state index contributed by atoms with van der Waals surface area (Å²) in [5, 5.41) is 3.16. The molecular formula is C44H42O4P2. The quantitative estimate of drug-likeness (QED) is 0.114. The van der Waals surface area contributed by atoms with Crippen molar-refractivity contribution >= 4 is 35.5 Å². The summed E-state index contributed by atoms with van der Waals surface area (Å²) in [6.07, 6.45) is -0.0539. The summed E-state index contributed by atoms with van der Waals surface area (Å²) >= 11 is 0. The summed E-state index contributed by atoms with van der Waals surface area (Å²) < 4.78 is 45.8. The first-order valence-electron chi connectivity index (χ1n) is 17.3. The van der Waals surface area contributed by atoms with Crippen LogP contribution in [0, 0.1) is 5.92 Å². The molecule has 1 aliphatic carbocycles. The minimum Gasteiger partial charge on any atom is -0.371 e. The third-order valence-electron chi connectivity index (χ3n) is 9.91. The van der Waals surface area contributed by atoms with Gasteiger partial charge in [0.2, 0.25) is 0 Å². The first-order chi connectivity index (χ1) is 24.6. The zero-order chi connectivity index (χ0) is 34.2. The molecule has 0 aromatic heterocycles. The molecule has 252 valence electrons. The van der Waals surface area contributed by atoms with Gasteiger partial charge in [0.15, 0.2) is 0 Å².